The zero-order valence-corrected chi connectivity index (χ0v) is 14.9. The average Bonchev–Trinajstić information content (AvgIpc) is 3.20. The van der Waals surface area contributed by atoms with Crippen LogP contribution in [0.3, 0.4) is 0 Å². The zero-order chi connectivity index (χ0) is 18.4. The number of carbonyl (C=O) groups is 1. The van der Waals surface area contributed by atoms with Gasteiger partial charge in [-0.15, -0.1) is 0 Å². The fourth-order valence-electron chi connectivity index (χ4n) is 2.91. The molecule has 5 heteroatoms. The molecule has 26 heavy (non-hydrogen) atoms. The van der Waals surface area contributed by atoms with Crippen molar-refractivity contribution in [3.63, 3.8) is 0 Å². The van der Waals surface area contributed by atoms with E-state index in [1.54, 1.807) is 36.2 Å². The number of hydrogen-bond acceptors (Lipinski definition) is 4. The lowest BCUT2D eigenvalue weighted by Gasteiger charge is -2.18. The molecule has 0 spiro atoms. The molecule has 0 aliphatic carbocycles. The molecule has 2 aromatic rings. The molecule has 3 rings (SSSR count). The van der Waals surface area contributed by atoms with Crippen LogP contribution in [0.15, 0.2) is 48.5 Å². The lowest BCUT2D eigenvalue weighted by atomic mass is 10.1. The normalized spacial score (nSPS) is 16.1. The van der Waals surface area contributed by atoms with Gasteiger partial charge in [0.2, 0.25) is 0 Å². The molecule has 1 aliphatic rings. The van der Waals surface area contributed by atoms with Crippen LogP contribution >= 0.6 is 0 Å². The van der Waals surface area contributed by atoms with Gasteiger partial charge in [0.05, 0.1) is 17.7 Å². The first kappa shape index (κ1) is 18.0. The van der Waals surface area contributed by atoms with E-state index in [0.29, 0.717) is 24.3 Å². The predicted molar refractivity (Wildman–Crippen MR) is 97.9 cm³/mol. The third-order valence-corrected chi connectivity index (χ3v) is 4.41. The maximum Gasteiger partial charge on any atom is 0.253 e. The van der Waals surface area contributed by atoms with E-state index in [-0.39, 0.29) is 12.0 Å². The van der Waals surface area contributed by atoms with Gasteiger partial charge in [0.15, 0.2) is 0 Å². The summed E-state index contributed by atoms with van der Waals surface area (Å²) < 4.78 is 11.3. The van der Waals surface area contributed by atoms with Gasteiger partial charge in [-0.2, -0.15) is 5.26 Å². The largest absolute Gasteiger partial charge is 0.491 e. The number of nitrogens with zero attached hydrogens (tertiary/aromatic N) is 2. The molecule has 1 aliphatic heterocycles. The monoisotopic (exact) mass is 350 g/mol. The molecule has 134 valence electrons. The van der Waals surface area contributed by atoms with Gasteiger partial charge in [-0.25, -0.2) is 0 Å². The Morgan fingerprint density at radius 3 is 2.58 bits per heavy atom. The molecule has 1 unspecified atom stereocenters. The molecular formula is C21H22N2O3. The third kappa shape index (κ3) is 4.62. The number of hydrogen-bond donors (Lipinski definition) is 0. The Labute approximate surface area is 153 Å². The maximum absolute atomic E-state index is 12.6. The molecule has 0 N–H and O–H groups in total. The summed E-state index contributed by atoms with van der Waals surface area (Å²) in [7, 11) is 1.77. The highest BCUT2D eigenvalue weighted by Gasteiger charge is 2.16. The van der Waals surface area contributed by atoms with Crippen molar-refractivity contribution < 1.29 is 14.3 Å². The Bertz CT molecular complexity index is 772. The number of amides is 1. The minimum atomic E-state index is -0.0555. The van der Waals surface area contributed by atoms with Gasteiger partial charge >= 0.3 is 0 Å². The number of rotatable bonds is 6. The summed E-state index contributed by atoms with van der Waals surface area (Å²) in [4.78, 5) is 14.2. The lowest BCUT2D eigenvalue weighted by molar-refractivity contribution is 0.0679. The Morgan fingerprint density at radius 1 is 1.23 bits per heavy atom. The zero-order valence-electron chi connectivity index (χ0n) is 14.9. The van der Waals surface area contributed by atoms with Gasteiger partial charge in [-0.3, -0.25) is 4.79 Å². The second-order valence-corrected chi connectivity index (χ2v) is 6.44. The standard InChI is InChI=1S/C21H22N2O3/c1-23(14-17-6-4-16(13-22)5-7-17)21(24)18-8-10-19(11-9-18)26-15-20-3-2-12-25-20/h4-11,20H,2-3,12,14-15H2,1H3. The lowest BCUT2D eigenvalue weighted by Crippen LogP contribution is -2.26. The smallest absolute Gasteiger partial charge is 0.253 e. The van der Waals surface area contributed by atoms with Crippen LogP contribution in [0.1, 0.15) is 34.3 Å². The molecule has 1 fully saturated rings. The molecule has 0 aromatic heterocycles. The van der Waals surface area contributed by atoms with E-state index in [2.05, 4.69) is 6.07 Å². The molecule has 0 bridgehead atoms. The SMILES string of the molecule is CN(Cc1ccc(C#N)cc1)C(=O)c1ccc(OCC2CCCO2)cc1. The van der Waals surface area contributed by atoms with Crippen molar-refractivity contribution in [2.24, 2.45) is 0 Å². The molecule has 1 saturated heterocycles. The van der Waals surface area contributed by atoms with Gasteiger partial charge in [-0.1, -0.05) is 12.1 Å². The molecule has 2 aromatic carbocycles. The first-order valence-corrected chi connectivity index (χ1v) is 8.74. The van der Waals surface area contributed by atoms with Crippen molar-refractivity contribution in [2.75, 3.05) is 20.3 Å². The topological polar surface area (TPSA) is 62.6 Å². The van der Waals surface area contributed by atoms with Gasteiger partial charge in [-0.05, 0) is 54.8 Å². The van der Waals surface area contributed by atoms with E-state index in [4.69, 9.17) is 14.7 Å². The average molecular weight is 350 g/mol. The van der Waals surface area contributed by atoms with E-state index in [1.807, 2.05) is 24.3 Å². The van der Waals surface area contributed by atoms with Crippen LogP contribution < -0.4 is 4.74 Å². The fourth-order valence-corrected chi connectivity index (χ4v) is 2.91. The molecule has 0 saturated carbocycles. The highest BCUT2D eigenvalue weighted by molar-refractivity contribution is 5.94. The van der Waals surface area contributed by atoms with E-state index < -0.39 is 0 Å². The molecule has 5 nitrogen and oxygen atoms in total. The van der Waals surface area contributed by atoms with E-state index in [0.717, 1.165) is 30.8 Å². The number of carbonyl (C=O) groups excluding carboxylic acids is 1. The van der Waals surface area contributed by atoms with Crippen LogP contribution in [0.2, 0.25) is 0 Å². The maximum atomic E-state index is 12.6. The second-order valence-electron chi connectivity index (χ2n) is 6.44. The van der Waals surface area contributed by atoms with Crippen LogP contribution in [0.25, 0.3) is 0 Å². The highest BCUT2D eigenvalue weighted by Crippen LogP contribution is 2.17. The quantitative estimate of drug-likeness (QED) is 0.801. The van der Waals surface area contributed by atoms with Crippen molar-refractivity contribution in [1.82, 2.24) is 4.90 Å². The summed E-state index contributed by atoms with van der Waals surface area (Å²) in [6.07, 6.45) is 2.30. The van der Waals surface area contributed by atoms with Gasteiger partial charge in [0.25, 0.3) is 5.91 Å². The minimum absolute atomic E-state index is 0.0555. The Hall–Kier alpha value is -2.84. The van der Waals surface area contributed by atoms with E-state index >= 15 is 0 Å². The Morgan fingerprint density at radius 2 is 1.96 bits per heavy atom. The minimum Gasteiger partial charge on any atom is -0.491 e. The highest BCUT2D eigenvalue weighted by atomic mass is 16.5. The summed E-state index contributed by atoms with van der Waals surface area (Å²) in [6, 6.07) is 16.5. The van der Waals surface area contributed by atoms with Gasteiger partial charge in [0, 0.05) is 25.8 Å². The van der Waals surface area contributed by atoms with Gasteiger partial charge < -0.3 is 14.4 Å². The Balaban J connectivity index is 1.55. The molecule has 0 radical (unpaired) electrons. The molecular weight excluding hydrogens is 328 g/mol. The number of nitriles is 1. The molecule has 1 amide bonds. The summed E-state index contributed by atoms with van der Waals surface area (Å²) >= 11 is 0. The van der Waals surface area contributed by atoms with Crippen molar-refractivity contribution in [3.05, 3.63) is 65.2 Å². The van der Waals surface area contributed by atoms with E-state index in [9.17, 15) is 4.79 Å². The molecule has 1 atom stereocenters. The molecule has 1 heterocycles. The fraction of sp³-hybridized carbons (Fsp3) is 0.333. The number of ether oxygens (including phenoxy) is 2. The van der Waals surface area contributed by atoms with Crippen molar-refractivity contribution >= 4 is 5.91 Å². The summed E-state index contributed by atoms with van der Waals surface area (Å²) in [5.41, 5.74) is 2.21. The van der Waals surface area contributed by atoms with E-state index in [1.165, 1.54) is 0 Å². The van der Waals surface area contributed by atoms with Crippen LogP contribution in [0, 0.1) is 11.3 Å². The summed E-state index contributed by atoms with van der Waals surface area (Å²) in [5.74, 6) is 0.687. The van der Waals surface area contributed by atoms with Crippen molar-refractivity contribution in [1.29, 1.82) is 5.26 Å². The van der Waals surface area contributed by atoms with Crippen LogP contribution in [0.4, 0.5) is 0 Å². The Kier molecular flexibility index (Phi) is 5.88. The first-order valence-electron chi connectivity index (χ1n) is 8.74. The van der Waals surface area contributed by atoms with Gasteiger partial charge in [0.1, 0.15) is 12.4 Å². The first-order chi connectivity index (χ1) is 12.7. The summed E-state index contributed by atoms with van der Waals surface area (Å²) in [5, 5.41) is 8.84. The number of benzene rings is 2. The van der Waals surface area contributed by atoms with Crippen LogP contribution in [-0.4, -0.2) is 37.2 Å². The third-order valence-electron chi connectivity index (χ3n) is 4.41. The van der Waals surface area contributed by atoms with Crippen molar-refractivity contribution in [3.8, 4) is 11.8 Å². The van der Waals surface area contributed by atoms with Crippen LogP contribution in [-0.2, 0) is 11.3 Å². The van der Waals surface area contributed by atoms with Crippen molar-refractivity contribution in [2.45, 2.75) is 25.5 Å². The predicted octanol–water partition coefficient (Wildman–Crippen LogP) is 3.39. The van der Waals surface area contributed by atoms with Crippen LogP contribution in [0.5, 0.6) is 5.75 Å². The second kappa shape index (κ2) is 8.50. The summed E-state index contributed by atoms with van der Waals surface area (Å²) in [6.45, 7) is 1.85.